The largest absolute Gasteiger partial charge is 0.496 e. The molecule has 3 fully saturated rings. The molecular weight excluding hydrogens is 741 g/mol. The highest BCUT2D eigenvalue weighted by Gasteiger charge is 2.39. The molecule has 15 nitrogen and oxygen atoms in total. The van der Waals surface area contributed by atoms with Gasteiger partial charge in [0.2, 0.25) is 11.8 Å². The lowest BCUT2D eigenvalue weighted by Gasteiger charge is -2.39. The number of piperidine rings is 2. The molecule has 3 aromatic rings. The Kier molecular flexibility index (Phi) is 11.2. The number of rotatable bonds is 9. The molecule has 5 aliphatic rings. The van der Waals surface area contributed by atoms with Crippen molar-refractivity contribution >= 4 is 29.4 Å². The number of carbonyl (C=O) groups excluding carboxylic acids is 4. The highest BCUT2D eigenvalue weighted by Crippen LogP contribution is 2.39. The van der Waals surface area contributed by atoms with Crippen LogP contribution in [0.5, 0.6) is 11.5 Å². The fourth-order valence-corrected chi connectivity index (χ4v) is 9.53. The summed E-state index contributed by atoms with van der Waals surface area (Å²) in [7, 11) is 6.72. The van der Waals surface area contributed by atoms with E-state index in [1.165, 1.54) is 0 Å². The van der Waals surface area contributed by atoms with Gasteiger partial charge in [0.1, 0.15) is 17.5 Å². The lowest BCUT2D eigenvalue weighted by molar-refractivity contribution is -0.136. The standard InChI is InChI=1S/C43H54N8O7/c1-44-43(56)50-14-11-32-33(24-46(2)41(54)34(32)26-50)28-20-37(57-3)35(38(21-28)58-4)25-48-17-15-47(16-18-48)22-27-9-12-49(13-10-27)30-5-6-31-29(19-30)23-51(42(31)55)36-7-8-39(52)45-40(36)53/h5-6,19-21,24,27,36H,7-18,22-23,25-26H2,1-4H3,(H,44,56)(H,45,52,53). The molecule has 2 aromatic carbocycles. The number of benzene rings is 2. The maximum Gasteiger partial charge on any atom is 0.317 e. The fraction of sp³-hybridized carbons (Fsp3) is 0.512. The predicted molar refractivity (Wildman–Crippen MR) is 218 cm³/mol. The molecule has 0 aliphatic carbocycles. The van der Waals surface area contributed by atoms with E-state index in [4.69, 9.17) is 9.47 Å². The highest BCUT2D eigenvalue weighted by atomic mass is 16.5. The zero-order valence-electron chi connectivity index (χ0n) is 34.0. The quantitative estimate of drug-likeness (QED) is 0.310. The van der Waals surface area contributed by atoms with E-state index in [-0.39, 0.29) is 42.3 Å². The van der Waals surface area contributed by atoms with Crippen LogP contribution < -0.4 is 30.6 Å². The average Bonchev–Trinajstić information content (AvgIpc) is 3.57. The van der Waals surface area contributed by atoms with Crippen molar-refractivity contribution in [3.05, 3.63) is 74.7 Å². The molecule has 308 valence electrons. The third-order valence-electron chi connectivity index (χ3n) is 12.8. The number of urea groups is 1. The van der Waals surface area contributed by atoms with E-state index in [0.29, 0.717) is 49.5 Å². The number of anilines is 1. The van der Waals surface area contributed by atoms with Gasteiger partial charge in [0.05, 0.1) is 26.3 Å². The molecular formula is C43H54N8O7. The summed E-state index contributed by atoms with van der Waals surface area (Å²) in [4.78, 5) is 73.6. The summed E-state index contributed by atoms with van der Waals surface area (Å²) in [6, 6.07) is 9.33. The van der Waals surface area contributed by atoms with E-state index in [9.17, 15) is 24.0 Å². The third kappa shape index (κ3) is 7.64. The molecule has 2 N–H and O–H groups in total. The van der Waals surface area contributed by atoms with Gasteiger partial charge in [-0.05, 0) is 78.6 Å². The van der Waals surface area contributed by atoms with Crippen molar-refractivity contribution < 1.29 is 28.7 Å². The average molecular weight is 795 g/mol. The Morgan fingerprint density at radius 1 is 0.828 bits per heavy atom. The number of hydrogen-bond donors (Lipinski definition) is 2. The smallest absolute Gasteiger partial charge is 0.317 e. The molecule has 3 saturated heterocycles. The molecule has 0 bridgehead atoms. The van der Waals surface area contributed by atoms with Gasteiger partial charge in [0.15, 0.2) is 0 Å². The first-order valence-corrected chi connectivity index (χ1v) is 20.5. The zero-order chi connectivity index (χ0) is 40.7. The second-order valence-corrected chi connectivity index (χ2v) is 16.3. The van der Waals surface area contributed by atoms with Crippen LogP contribution in [0.1, 0.15) is 58.3 Å². The van der Waals surface area contributed by atoms with Gasteiger partial charge < -0.3 is 39.0 Å². The van der Waals surface area contributed by atoms with Crippen LogP contribution in [-0.2, 0) is 42.7 Å². The number of amides is 5. The van der Waals surface area contributed by atoms with Gasteiger partial charge in [0, 0.05) is 115 Å². The van der Waals surface area contributed by atoms with Gasteiger partial charge in [-0.3, -0.25) is 29.4 Å². The Balaban J connectivity index is 0.856. The number of ether oxygens (including phenoxy) is 2. The number of aromatic nitrogens is 1. The predicted octanol–water partition coefficient (Wildman–Crippen LogP) is 2.56. The summed E-state index contributed by atoms with van der Waals surface area (Å²) in [6.07, 6.45) is 5.28. The molecule has 6 heterocycles. The molecule has 1 atom stereocenters. The van der Waals surface area contributed by atoms with E-state index >= 15 is 0 Å². The molecule has 5 aliphatic heterocycles. The number of hydrogen-bond acceptors (Lipinski definition) is 10. The van der Waals surface area contributed by atoms with Crippen molar-refractivity contribution in [3.8, 4) is 22.6 Å². The summed E-state index contributed by atoms with van der Waals surface area (Å²) in [5.74, 6) is 1.30. The molecule has 1 aromatic heterocycles. The number of aryl methyl sites for hydroxylation is 1. The van der Waals surface area contributed by atoms with E-state index in [2.05, 4.69) is 31.4 Å². The van der Waals surface area contributed by atoms with Gasteiger partial charge in [-0.15, -0.1) is 0 Å². The number of piperazine rings is 1. The van der Waals surface area contributed by atoms with Crippen LogP contribution in [0.2, 0.25) is 0 Å². The van der Waals surface area contributed by atoms with Crippen LogP contribution in [0.4, 0.5) is 10.5 Å². The van der Waals surface area contributed by atoms with Crippen LogP contribution in [0.3, 0.4) is 0 Å². The number of carbonyl (C=O) groups is 4. The first-order chi connectivity index (χ1) is 28.0. The first-order valence-electron chi connectivity index (χ1n) is 20.5. The normalized spacial score (nSPS) is 20.5. The SMILES string of the molecule is CNC(=O)N1CCc2c(-c3cc(OC)c(CN4CCN(CC5CCN(c6ccc7c(c6)CN(C6CCC(=O)NC6=O)C7=O)CC5)CC4)c(OC)c3)cn(C)c(=O)c2C1. The van der Waals surface area contributed by atoms with Gasteiger partial charge >= 0.3 is 6.03 Å². The van der Waals surface area contributed by atoms with Crippen molar-refractivity contribution in [1.82, 2.24) is 34.8 Å². The van der Waals surface area contributed by atoms with Crippen LogP contribution in [0, 0.1) is 5.92 Å². The Bertz CT molecular complexity index is 2150. The maximum absolute atomic E-state index is 13.2. The topological polar surface area (TPSA) is 149 Å². The molecule has 5 amide bonds. The number of nitrogens with zero attached hydrogens (tertiary/aromatic N) is 6. The minimum atomic E-state index is -0.604. The Morgan fingerprint density at radius 3 is 2.21 bits per heavy atom. The van der Waals surface area contributed by atoms with E-state index < -0.39 is 6.04 Å². The van der Waals surface area contributed by atoms with Crippen molar-refractivity contribution in [2.24, 2.45) is 13.0 Å². The minimum Gasteiger partial charge on any atom is -0.496 e. The van der Waals surface area contributed by atoms with Gasteiger partial charge in [-0.25, -0.2) is 4.79 Å². The molecule has 58 heavy (non-hydrogen) atoms. The highest BCUT2D eigenvalue weighted by molar-refractivity contribution is 6.05. The number of nitrogens with one attached hydrogen (secondary N) is 2. The van der Waals surface area contributed by atoms with Crippen molar-refractivity contribution in [2.75, 3.05) is 78.5 Å². The summed E-state index contributed by atoms with van der Waals surface area (Å²) in [5, 5.41) is 5.05. The van der Waals surface area contributed by atoms with Crippen molar-refractivity contribution in [3.63, 3.8) is 0 Å². The van der Waals surface area contributed by atoms with Crippen LogP contribution in [-0.4, -0.2) is 128 Å². The van der Waals surface area contributed by atoms with Crippen molar-refractivity contribution in [2.45, 2.75) is 57.8 Å². The molecule has 8 rings (SSSR count). The monoisotopic (exact) mass is 794 g/mol. The van der Waals surface area contributed by atoms with Crippen LogP contribution >= 0.6 is 0 Å². The lowest BCUT2D eigenvalue weighted by atomic mass is 9.91. The molecule has 0 radical (unpaired) electrons. The first kappa shape index (κ1) is 39.4. The number of pyridine rings is 1. The van der Waals surface area contributed by atoms with Gasteiger partial charge in [-0.2, -0.15) is 0 Å². The zero-order valence-corrected chi connectivity index (χ0v) is 34.0. The summed E-state index contributed by atoms with van der Waals surface area (Å²) in [6.45, 7) is 8.73. The summed E-state index contributed by atoms with van der Waals surface area (Å²) >= 11 is 0. The maximum atomic E-state index is 13.2. The fourth-order valence-electron chi connectivity index (χ4n) is 9.53. The Labute approximate surface area is 338 Å². The van der Waals surface area contributed by atoms with E-state index in [0.717, 1.165) is 104 Å². The number of imide groups is 1. The van der Waals surface area contributed by atoms with Gasteiger partial charge in [-0.1, -0.05) is 0 Å². The van der Waals surface area contributed by atoms with E-state index in [1.807, 2.05) is 30.5 Å². The molecule has 1 unspecified atom stereocenters. The van der Waals surface area contributed by atoms with Crippen LogP contribution in [0.15, 0.2) is 41.3 Å². The minimum absolute atomic E-state index is 0.0927. The van der Waals surface area contributed by atoms with E-state index in [1.54, 1.807) is 42.7 Å². The van der Waals surface area contributed by atoms with Gasteiger partial charge in [0.25, 0.3) is 11.5 Å². The Hall–Kier alpha value is -5.41. The summed E-state index contributed by atoms with van der Waals surface area (Å²) < 4.78 is 13.6. The summed E-state index contributed by atoms with van der Waals surface area (Å²) in [5.41, 5.74) is 7.07. The number of fused-ring (bicyclic) bond motifs is 2. The van der Waals surface area contributed by atoms with Crippen molar-refractivity contribution in [1.29, 1.82) is 0 Å². The molecule has 0 spiro atoms. The third-order valence-corrected chi connectivity index (χ3v) is 12.8. The molecule has 15 heteroatoms. The Morgan fingerprint density at radius 2 is 1.53 bits per heavy atom. The lowest BCUT2D eigenvalue weighted by Crippen LogP contribution is -2.52. The second-order valence-electron chi connectivity index (χ2n) is 16.3. The second kappa shape index (κ2) is 16.5. The van der Waals surface area contributed by atoms with Crippen LogP contribution in [0.25, 0.3) is 11.1 Å². The molecule has 0 saturated carbocycles. The number of methoxy groups -OCH3 is 2.